The quantitative estimate of drug-likeness (QED) is 0.0150. The van der Waals surface area contributed by atoms with Gasteiger partial charge in [-0.15, -0.1) is 0 Å². The van der Waals surface area contributed by atoms with Crippen LogP contribution in [0.1, 0.15) is 220 Å². The monoisotopic (exact) mass is 1860 g/mol. The van der Waals surface area contributed by atoms with Gasteiger partial charge in [-0.25, -0.2) is 85.0 Å². The molecule has 132 heavy (non-hydrogen) atoms. The zero-order chi connectivity index (χ0) is 97.7. The van der Waals surface area contributed by atoms with Crippen LogP contribution in [0.4, 0.5) is 65.9 Å². The number of ether oxygens (including phenoxy) is 5. The molecule has 5 aromatic rings. The minimum absolute atomic E-state index is 0.0444. The molecule has 9 aliphatic rings. The largest absolute Gasteiger partial charge is 0.469 e. The second kappa shape index (κ2) is 47.0. The molecule has 0 spiro atoms. The van der Waals surface area contributed by atoms with E-state index in [1.54, 1.807) is 0 Å². The number of esters is 5. The predicted octanol–water partition coefficient (Wildman–Crippen LogP) is 17.2. The fraction of sp³-hybridized carbons (Fsp3) is 0.368. The molecule has 0 saturated carbocycles. The standard InChI is InChI=1S/4C19H18F3NO3.C9H8F2O.C5H7FO3.C5H7NO/c4*1-9(21)15-10(4-3-5-11(15)22)16-17-12(6-7-14(17)24)23-13(8-20)18(16)19(25)26-2;1-6(10)9-7(5-12)3-2-4-8(9)11;1-9-5(8)2-4(7)3-6;6-4-1-2-5(7)3-4/h4*3-5,9,16,23H,6-8H2,1-2H3;2-6H,1H3;2-3H2,1H3;3H,1-2,6H2/t2*9-,16+;2*9-,16-;;;/m1010.../s1. The van der Waals surface area contributed by atoms with Gasteiger partial charge in [0.1, 0.15) is 99.7 Å². The highest BCUT2D eigenvalue weighted by atomic mass is 19.2. The molecular weight excluding hydrogens is 1770 g/mol. The number of aldehydes is 1. The number of halogens is 15. The summed E-state index contributed by atoms with van der Waals surface area (Å²) in [5.74, 6) is -13.7. The fourth-order valence-electron chi connectivity index (χ4n) is 16.8. The van der Waals surface area contributed by atoms with Crippen LogP contribution in [0.3, 0.4) is 0 Å². The number of dihydropyridines is 4. The van der Waals surface area contributed by atoms with E-state index in [1.807, 2.05) is 0 Å². The summed E-state index contributed by atoms with van der Waals surface area (Å²) < 4.78 is 229. The van der Waals surface area contributed by atoms with Crippen LogP contribution in [0.2, 0.25) is 0 Å². The Morgan fingerprint density at radius 2 is 0.621 bits per heavy atom. The normalized spacial score (nSPS) is 19.2. The average molecular weight is 1860 g/mol. The van der Waals surface area contributed by atoms with E-state index in [-0.39, 0.29) is 178 Å². The molecule has 5 aliphatic carbocycles. The minimum atomic E-state index is -1.67. The van der Waals surface area contributed by atoms with Gasteiger partial charge in [-0.1, -0.05) is 60.7 Å². The number of rotatable bonds is 21. The van der Waals surface area contributed by atoms with Crippen LogP contribution in [0.15, 0.2) is 193 Å². The zero-order valence-electron chi connectivity index (χ0n) is 73.0. The molecule has 1 unspecified atom stereocenters. The third-order valence-corrected chi connectivity index (χ3v) is 22.4. The van der Waals surface area contributed by atoms with E-state index in [1.165, 1.54) is 101 Å². The molecule has 22 nitrogen and oxygen atoms in total. The summed E-state index contributed by atoms with van der Waals surface area (Å²) >= 11 is 0. The van der Waals surface area contributed by atoms with Crippen LogP contribution in [0.5, 0.6) is 0 Å². The molecule has 0 bridgehead atoms. The van der Waals surface area contributed by atoms with Crippen molar-refractivity contribution in [3.8, 4) is 0 Å². The van der Waals surface area contributed by atoms with E-state index in [0.29, 0.717) is 61.2 Å². The summed E-state index contributed by atoms with van der Waals surface area (Å²) in [6, 6.07) is 19.7. The van der Waals surface area contributed by atoms with Crippen molar-refractivity contribution in [2.45, 2.75) is 160 Å². The number of hydrogen-bond acceptors (Lipinski definition) is 22. The van der Waals surface area contributed by atoms with Crippen molar-refractivity contribution in [2.24, 2.45) is 5.73 Å². The molecule has 0 radical (unpaired) electrons. The number of nitrogens with two attached hydrogens (primary N) is 1. The zero-order valence-corrected chi connectivity index (χ0v) is 73.0. The van der Waals surface area contributed by atoms with Crippen LogP contribution in [-0.4, -0.2) is 140 Å². The summed E-state index contributed by atoms with van der Waals surface area (Å²) in [5.41, 5.74) is 7.71. The van der Waals surface area contributed by atoms with Gasteiger partial charge in [0.2, 0.25) is 0 Å². The molecule has 9 atom stereocenters. The van der Waals surface area contributed by atoms with E-state index < -0.39 is 159 Å². The highest BCUT2D eigenvalue weighted by Gasteiger charge is 2.48. The molecule has 0 aromatic heterocycles. The van der Waals surface area contributed by atoms with Gasteiger partial charge in [0, 0.05) is 140 Å². The van der Waals surface area contributed by atoms with Gasteiger partial charge in [-0.2, -0.15) is 0 Å². The highest BCUT2D eigenvalue weighted by Crippen LogP contribution is 2.52. The number of carbonyl (C=O) groups is 12. The van der Waals surface area contributed by atoms with E-state index in [4.69, 9.17) is 24.7 Å². The van der Waals surface area contributed by atoms with Crippen molar-refractivity contribution in [2.75, 3.05) is 68.9 Å². The SMILES string of the molecule is CC(F)c1c(F)cccc1C=O.COC(=O)C1=C(CF)NC2=C(C(=O)CC2)[C@@H]1c1cccc(F)c1[C@@H](C)F.COC(=O)C1=C(CF)NC2=C(C(=O)CC2)[C@@H]1c1cccc(F)c1[C@H](C)F.COC(=O)C1=C(CF)NC2=C(C(=O)CC2)[C@H]1c1cccc(F)c1[C@@H](C)F.COC(=O)C1=C(CF)NC2=C(C(=O)CC2)[C@H]1c1cccc(F)c1[C@H](C)F.COC(=O)CC(=O)CF.NC1=CC(=O)CC1. The van der Waals surface area contributed by atoms with Gasteiger partial charge < -0.3 is 50.7 Å². The van der Waals surface area contributed by atoms with Crippen LogP contribution >= 0.6 is 0 Å². The average Bonchev–Trinajstić information content (AvgIpc) is 1.48. The number of hydrogen-bond donors (Lipinski definition) is 5. The lowest BCUT2D eigenvalue weighted by atomic mass is 9.78. The molecule has 0 fully saturated rings. The third kappa shape index (κ3) is 23.2. The molecule has 0 amide bonds. The molecule has 706 valence electrons. The summed E-state index contributed by atoms with van der Waals surface area (Å²) in [6.07, 6.45) is -3.06. The Labute approximate surface area is 748 Å². The Bertz CT molecular complexity index is 5110. The second-order valence-electron chi connectivity index (χ2n) is 30.6. The van der Waals surface area contributed by atoms with Gasteiger partial charge in [0.05, 0.1) is 80.6 Å². The van der Waals surface area contributed by atoms with E-state index in [2.05, 4.69) is 26.0 Å². The Hall–Kier alpha value is -13.3. The molecular formula is C95H94F15N5O17. The third-order valence-electron chi connectivity index (χ3n) is 22.4. The first-order valence-corrected chi connectivity index (χ1v) is 41.1. The Balaban J connectivity index is 0.000000197. The maximum absolute atomic E-state index is 14.3. The van der Waals surface area contributed by atoms with Crippen LogP contribution in [0, 0.1) is 29.1 Å². The number of nitrogens with one attached hydrogen (secondary N) is 4. The molecule has 37 heteroatoms. The summed E-state index contributed by atoms with van der Waals surface area (Å²) in [6.45, 7) is 0.796. The van der Waals surface area contributed by atoms with Gasteiger partial charge in [-0.05, 0) is 125 Å². The topological polar surface area (TPSA) is 325 Å². The van der Waals surface area contributed by atoms with Crippen molar-refractivity contribution >= 4 is 70.8 Å². The lowest BCUT2D eigenvalue weighted by Crippen LogP contribution is -2.32. The number of methoxy groups -OCH3 is 5. The van der Waals surface area contributed by atoms with Crippen molar-refractivity contribution in [1.82, 2.24) is 21.3 Å². The number of alkyl halides is 10. The summed E-state index contributed by atoms with van der Waals surface area (Å²) in [5, 5.41) is 11.2. The van der Waals surface area contributed by atoms with Crippen molar-refractivity contribution in [1.29, 1.82) is 0 Å². The van der Waals surface area contributed by atoms with E-state index in [0.717, 1.165) is 78.0 Å². The highest BCUT2D eigenvalue weighted by molar-refractivity contribution is 6.08. The number of ketones is 6. The van der Waals surface area contributed by atoms with Crippen molar-refractivity contribution < 1.29 is 147 Å². The first kappa shape index (κ1) is 104. The Kier molecular flexibility index (Phi) is 37.1. The predicted molar refractivity (Wildman–Crippen MR) is 448 cm³/mol. The van der Waals surface area contributed by atoms with Crippen LogP contribution < -0.4 is 27.0 Å². The van der Waals surface area contributed by atoms with Gasteiger partial charge in [0.15, 0.2) is 41.0 Å². The Morgan fingerprint density at radius 3 is 0.803 bits per heavy atom. The number of carbonyl (C=O) groups excluding carboxylic acids is 12. The maximum Gasteiger partial charge on any atom is 0.336 e. The maximum atomic E-state index is 14.3. The van der Waals surface area contributed by atoms with Gasteiger partial charge >= 0.3 is 29.8 Å². The molecule has 0 saturated heterocycles. The van der Waals surface area contributed by atoms with Crippen LogP contribution in [-0.2, 0) is 76.4 Å². The molecule has 5 aromatic carbocycles. The van der Waals surface area contributed by atoms with E-state index >= 15 is 0 Å². The summed E-state index contributed by atoms with van der Waals surface area (Å²) in [7, 11) is 5.67. The van der Waals surface area contributed by atoms with Gasteiger partial charge in [-0.3, -0.25) is 38.4 Å². The first-order chi connectivity index (χ1) is 62.8. The molecule has 4 aliphatic heterocycles. The van der Waals surface area contributed by atoms with Gasteiger partial charge in [0.25, 0.3) is 0 Å². The number of benzene rings is 5. The fourth-order valence-corrected chi connectivity index (χ4v) is 16.8. The van der Waals surface area contributed by atoms with E-state index in [9.17, 15) is 123 Å². The van der Waals surface area contributed by atoms with Crippen LogP contribution in [0.25, 0.3) is 0 Å². The lowest BCUT2D eigenvalue weighted by Gasteiger charge is -2.30. The second-order valence-corrected chi connectivity index (χ2v) is 30.6. The summed E-state index contributed by atoms with van der Waals surface area (Å²) in [4.78, 5) is 140. The lowest BCUT2D eigenvalue weighted by molar-refractivity contribution is -0.144. The van der Waals surface area contributed by atoms with Crippen molar-refractivity contribution in [3.63, 3.8) is 0 Å². The Morgan fingerprint density at radius 1 is 0.371 bits per heavy atom. The molecule has 14 rings (SSSR count). The number of Topliss-reactive ketones (excluding diaryl/α,β-unsaturated/α-hetero) is 5. The number of allylic oxidation sites excluding steroid dienone is 14. The molecule has 6 N–H and O–H groups in total. The van der Waals surface area contributed by atoms with Crippen molar-refractivity contribution in [3.05, 3.63) is 278 Å². The smallest absolute Gasteiger partial charge is 0.336 e. The first-order valence-electron chi connectivity index (χ1n) is 41.1. The minimum Gasteiger partial charge on any atom is -0.469 e. The molecule has 4 heterocycles.